The Labute approximate surface area is 134 Å². The number of nitrogens with one attached hydrogen (secondary N) is 1. The van der Waals surface area contributed by atoms with Crippen LogP contribution in [0.4, 0.5) is 10.1 Å². The molecule has 0 heterocycles. The lowest BCUT2D eigenvalue weighted by atomic mass is 10.1. The van der Waals surface area contributed by atoms with E-state index in [4.69, 9.17) is 23.2 Å². The number of hydrogen-bond donors (Lipinski definition) is 2. The summed E-state index contributed by atoms with van der Waals surface area (Å²) in [7, 11) is 0. The van der Waals surface area contributed by atoms with Gasteiger partial charge in [0.25, 0.3) is 0 Å². The molecule has 0 fully saturated rings. The van der Waals surface area contributed by atoms with Gasteiger partial charge in [0.2, 0.25) is 0 Å². The molecule has 0 saturated carbocycles. The van der Waals surface area contributed by atoms with E-state index >= 15 is 0 Å². The molecule has 0 aromatic heterocycles. The highest BCUT2D eigenvalue weighted by atomic mass is 79.9. The van der Waals surface area contributed by atoms with Crippen molar-refractivity contribution in [2.24, 2.45) is 0 Å². The molecule has 1 unspecified atom stereocenters. The second kappa shape index (κ2) is 6.76. The average Bonchev–Trinajstić information content (AvgIpc) is 2.43. The number of aliphatic hydroxyl groups excluding tert-OH is 1. The molecule has 6 heteroatoms. The highest BCUT2D eigenvalue weighted by Crippen LogP contribution is 2.29. The zero-order valence-electron chi connectivity index (χ0n) is 10.2. The Morgan fingerprint density at radius 3 is 2.60 bits per heavy atom. The quantitative estimate of drug-likeness (QED) is 0.780. The third kappa shape index (κ3) is 3.44. The smallest absolute Gasteiger partial charge is 0.147 e. The summed E-state index contributed by atoms with van der Waals surface area (Å²) in [5.41, 5.74) is 1.02. The van der Waals surface area contributed by atoms with Crippen molar-refractivity contribution >= 4 is 44.8 Å². The molecule has 0 bridgehead atoms. The van der Waals surface area contributed by atoms with Gasteiger partial charge in [-0.3, -0.25) is 0 Å². The maximum atomic E-state index is 14.0. The van der Waals surface area contributed by atoms with Crippen molar-refractivity contribution in [2.75, 3.05) is 11.9 Å². The number of anilines is 1. The van der Waals surface area contributed by atoms with Crippen LogP contribution >= 0.6 is 39.1 Å². The normalized spacial score (nSPS) is 12.2. The number of rotatable bonds is 4. The molecule has 20 heavy (non-hydrogen) atoms. The van der Waals surface area contributed by atoms with Crippen molar-refractivity contribution < 1.29 is 9.50 Å². The number of benzene rings is 2. The van der Waals surface area contributed by atoms with Crippen molar-refractivity contribution in [1.29, 1.82) is 0 Å². The summed E-state index contributed by atoms with van der Waals surface area (Å²) in [5.74, 6) is -0.534. The maximum Gasteiger partial charge on any atom is 0.147 e. The molecule has 2 aromatic carbocycles. The largest absolute Gasteiger partial charge is 0.394 e. The molecule has 2 nitrogen and oxygen atoms in total. The lowest BCUT2D eigenvalue weighted by Gasteiger charge is -2.19. The first-order valence-electron chi connectivity index (χ1n) is 5.79. The first-order valence-corrected chi connectivity index (χ1v) is 7.34. The topological polar surface area (TPSA) is 32.3 Å². The molecule has 2 aromatic rings. The molecule has 106 valence electrons. The van der Waals surface area contributed by atoms with Gasteiger partial charge in [-0.1, -0.05) is 35.3 Å². The molecule has 2 rings (SSSR count). The van der Waals surface area contributed by atoms with Gasteiger partial charge in [-0.05, 0) is 40.2 Å². The number of halogens is 4. The van der Waals surface area contributed by atoms with E-state index in [0.29, 0.717) is 20.7 Å². The van der Waals surface area contributed by atoms with Crippen LogP contribution in [0.5, 0.6) is 0 Å². The molecule has 0 radical (unpaired) electrons. The fourth-order valence-electron chi connectivity index (χ4n) is 1.80. The molecule has 0 aliphatic carbocycles. The van der Waals surface area contributed by atoms with E-state index in [1.165, 1.54) is 6.07 Å². The van der Waals surface area contributed by atoms with Crippen LogP contribution in [0.3, 0.4) is 0 Å². The minimum absolute atomic E-state index is 0.0278. The fraction of sp³-hybridized carbons (Fsp3) is 0.143. The number of aliphatic hydroxyl groups is 1. The summed E-state index contributed by atoms with van der Waals surface area (Å²) in [5, 5.41) is 13.1. The summed E-state index contributed by atoms with van der Waals surface area (Å²) >= 11 is 15.0. The van der Waals surface area contributed by atoms with E-state index in [1.54, 1.807) is 30.3 Å². The summed E-state index contributed by atoms with van der Waals surface area (Å²) < 4.78 is 14.7. The highest BCUT2D eigenvalue weighted by molar-refractivity contribution is 9.10. The summed E-state index contributed by atoms with van der Waals surface area (Å²) in [6, 6.07) is 9.31. The predicted octanol–water partition coefficient (Wildman–Crippen LogP) is 5.04. The van der Waals surface area contributed by atoms with E-state index in [0.717, 1.165) is 0 Å². The summed E-state index contributed by atoms with van der Waals surface area (Å²) in [4.78, 5) is 0. The Hall–Kier alpha value is -0.810. The van der Waals surface area contributed by atoms with E-state index in [9.17, 15) is 9.50 Å². The molecular weight excluding hydrogens is 368 g/mol. The zero-order valence-corrected chi connectivity index (χ0v) is 13.3. The van der Waals surface area contributed by atoms with Gasteiger partial charge in [0.1, 0.15) is 5.82 Å². The molecule has 0 aliphatic heterocycles. The third-order valence-corrected chi connectivity index (χ3v) is 4.31. The lowest BCUT2D eigenvalue weighted by Crippen LogP contribution is -2.16. The van der Waals surface area contributed by atoms with Gasteiger partial charge in [-0.25, -0.2) is 4.39 Å². The fourth-order valence-corrected chi connectivity index (χ4v) is 2.48. The standard InChI is InChI=1S/C14H11BrCl2FNO/c15-10-6-8(4-5-11(10)16)19-13(7-20)9-2-1-3-12(17)14(9)18/h1-6,13,19-20H,7H2. The second-order valence-electron chi connectivity index (χ2n) is 4.15. The van der Waals surface area contributed by atoms with Crippen LogP contribution in [-0.4, -0.2) is 11.7 Å². The first kappa shape index (κ1) is 15.6. The Bertz CT molecular complexity index is 624. The van der Waals surface area contributed by atoms with Crippen LogP contribution in [0.15, 0.2) is 40.9 Å². The van der Waals surface area contributed by atoms with Gasteiger partial charge >= 0.3 is 0 Å². The van der Waals surface area contributed by atoms with E-state index < -0.39 is 11.9 Å². The summed E-state index contributed by atoms with van der Waals surface area (Å²) in [6.45, 7) is -0.266. The third-order valence-electron chi connectivity index (χ3n) is 2.80. The van der Waals surface area contributed by atoms with E-state index in [2.05, 4.69) is 21.2 Å². The van der Waals surface area contributed by atoms with Gasteiger partial charge in [0, 0.05) is 15.7 Å². The summed E-state index contributed by atoms with van der Waals surface area (Å²) in [6.07, 6.45) is 0. The van der Waals surface area contributed by atoms with Gasteiger partial charge < -0.3 is 10.4 Å². The highest BCUT2D eigenvalue weighted by Gasteiger charge is 2.17. The van der Waals surface area contributed by atoms with Crippen molar-refractivity contribution in [2.45, 2.75) is 6.04 Å². The van der Waals surface area contributed by atoms with Gasteiger partial charge in [-0.2, -0.15) is 0 Å². The Kier molecular flexibility index (Phi) is 5.27. The van der Waals surface area contributed by atoms with Crippen LogP contribution in [0.25, 0.3) is 0 Å². The van der Waals surface area contributed by atoms with Crippen LogP contribution in [0.1, 0.15) is 11.6 Å². The zero-order chi connectivity index (χ0) is 14.7. The molecule has 0 aliphatic rings. The van der Waals surface area contributed by atoms with Crippen LogP contribution in [-0.2, 0) is 0 Å². The van der Waals surface area contributed by atoms with Gasteiger partial charge in [-0.15, -0.1) is 0 Å². The SMILES string of the molecule is OCC(Nc1ccc(Cl)c(Br)c1)c1cccc(Cl)c1F. The molecule has 0 spiro atoms. The Morgan fingerprint density at radius 2 is 1.95 bits per heavy atom. The maximum absolute atomic E-state index is 14.0. The van der Waals surface area contributed by atoms with Gasteiger partial charge in [0.05, 0.1) is 22.7 Å². The van der Waals surface area contributed by atoms with Crippen molar-refractivity contribution in [1.82, 2.24) is 0 Å². The van der Waals surface area contributed by atoms with Crippen molar-refractivity contribution in [3.05, 3.63) is 62.3 Å². The predicted molar refractivity (Wildman–Crippen MR) is 84.0 cm³/mol. The number of hydrogen-bond acceptors (Lipinski definition) is 2. The minimum atomic E-state index is -0.596. The van der Waals surface area contributed by atoms with Crippen LogP contribution in [0, 0.1) is 5.82 Å². The van der Waals surface area contributed by atoms with E-state index in [-0.39, 0.29) is 11.6 Å². The van der Waals surface area contributed by atoms with Gasteiger partial charge in [0.15, 0.2) is 0 Å². The van der Waals surface area contributed by atoms with Crippen LogP contribution < -0.4 is 5.32 Å². The Morgan fingerprint density at radius 1 is 1.20 bits per heavy atom. The monoisotopic (exact) mass is 377 g/mol. The molecule has 0 amide bonds. The molecule has 1 atom stereocenters. The van der Waals surface area contributed by atoms with E-state index in [1.807, 2.05) is 0 Å². The van der Waals surface area contributed by atoms with Crippen molar-refractivity contribution in [3.63, 3.8) is 0 Å². The molecule has 0 saturated heterocycles. The lowest BCUT2D eigenvalue weighted by molar-refractivity contribution is 0.274. The molecular formula is C14H11BrCl2FNO. The van der Waals surface area contributed by atoms with Crippen molar-refractivity contribution in [3.8, 4) is 0 Å². The van der Waals surface area contributed by atoms with Crippen LogP contribution in [0.2, 0.25) is 10.0 Å². The molecule has 2 N–H and O–H groups in total. The second-order valence-corrected chi connectivity index (χ2v) is 5.82. The first-order chi connectivity index (χ1) is 9.52. The Balaban J connectivity index is 2.28. The average molecular weight is 379 g/mol. The minimum Gasteiger partial charge on any atom is -0.394 e.